The molecule has 0 aliphatic heterocycles. The molecule has 0 bridgehead atoms. The molecular formula is C16H22FNO3. The summed E-state index contributed by atoms with van der Waals surface area (Å²) in [5.74, 6) is -1.14. The monoisotopic (exact) mass is 295 g/mol. The van der Waals surface area contributed by atoms with E-state index in [4.69, 9.17) is 9.84 Å². The summed E-state index contributed by atoms with van der Waals surface area (Å²) < 4.78 is 19.1. The van der Waals surface area contributed by atoms with Gasteiger partial charge in [-0.05, 0) is 24.1 Å². The highest BCUT2D eigenvalue weighted by molar-refractivity contribution is 5.87. The standard InChI is InChI=1S/C16H22FNO3/c1-12(2)11-18(9-10-21-3)15-6-4-5-14(17)13(15)7-8-16(19)20/h4-8,12H,9-11H2,1-3H3,(H,19,20)/b8-7+. The number of ether oxygens (including phenoxy) is 1. The van der Waals surface area contributed by atoms with E-state index in [1.54, 1.807) is 19.2 Å². The van der Waals surface area contributed by atoms with Gasteiger partial charge in [-0.15, -0.1) is 0 Å². The van der Waals surface area contributed by atoms with E-state index in [0.29, 0.717) is 24.8 Å². The average molecular weight is 295 g/mol. The molecule has 5 heteroatoms. The Morgan fingerprint density at radius 2 is 2.19 bits per heavy atom. The van der Waals surface area contributed by atoms with Crippen LogP contribution < -0.4 is 4.90 Å². The SMILES string of the molecule is COCCN(CC(C)C)c1cccc(F)c1/C=C/C(=O)O. The minimum atomic E-state index is -1.10. The molecule has 0 aliphatic carbocycles. The molecule has 1 aromatic carbocycles. The summed E-state index contributed by atoms with van der Waals surface area (Å²) in [6.45, 7) is 6.02. The lowest BCUT2D eigenvalue weighted by atomic mass is 10.1. The van der Waals surface area contributed by atoms with Crippen molar-refractivity contribution in [1.29, 1.82) is 0 Å². The van der Waals surface area contributed by atoms with E-state index in [9.17, 15) is 9.18 Å². The van der Waals surface area contributed by atoms with Crippen LogP contribution in [-0.2, 0) is 9.53 Å². The number of rotatable bonds is 8. The van der Waals surface area contributed by atoms with Crippen LogP contribution in [0.1, 0.15) is 19.4 Å². The molecule has 0 heterocycles. The van der Waals surface area contributed by atoms with Crippen molar-refractivity contribution < 1.29 is 19.0 Å². The molecule has 0 saturated carbocycles. The van der Waals surface area contributed by atoms with E-state index < -0.39 is 11.8 Å². The third-order valence-corrected chi connectivity index (χ3v) is 2.91. The summed E-state index contributed by atoms with van der Waals surface area (Å²) in [6, 6.07) is 4.75. The van der Waals surface area contributed by atoms with E-state index in [-0.39, 0.29) is 5.56 Å². The van der Waals surface area contributed by atoms with Crippen molar-refractivity contribution in [2.45, 2.75) is 13.8 Å². The second-order valence-electron chi connectivity index (χ2n) is 5.18. The molecule has 4 nitrogen and oxygen atoms in total. The first-order chi connectivity index (χ1) is 9.95. The molecule has 1 N–H and O–H groups in total. The van der Waals surface area contributed by atoms with Crippen LogP contribution in [-0.4, -0.2) is 37.9 Å². The number of anilines is 1. The van der Waals surface area contributed by atoms with Crippen molar-refractivity contribution in [2.24, 2.45) is 5.92 Å². The maximum absolute atomic E-state index is 14.0. The molecule has 1 aromatic rings. The van der Waals surface area contributed by atoms with Gasteiger partial charge in [0.1, 0.15) is 5.82 Å². The molecule has 0 atom stereocenters. The highest BCUT2D eigenvalue weighted by Crippen LogP contribution is 2.25. The first-order valence-electron chi connectivity index (χ1n) is 6.89. The quantitative estimate of drug-likeness (QED) is 0.749. The van der Waals surface area contributed by atoms with Gasteiger partial charge >= 0.3 is 5.97 Å². The first-order valence-corrected chi connectivity index (χ1v) is 6.89. The lowest BCUT2D eigenvalue weighted by molar-refractivity contribution is -0.131. The Bertz CT molecular complexity index is 500. The van der Waals surface area contributed by atoms with E-state index in [1.165, 1.54) is 12.1 Å². The summed E-state index contributed by atoms with van der Waals surface area (Å²) >= 11 is 0. The van der Waals surface area contributed by atoms with Gasteiger partial charge in [0.25, 0.3) is 0 Å². The van der Waals surface area contributed by atoms with Gasteiger partial charge in [-0.3, -0.25) is 0 Å². The maximum Gasteiger partial charge on any atom is 0.328 e. The third-order valence-electron chi connectivity index (χ3n) is 2.91. The van der Waals surface area contributed by atoms with Crippen LogP contribution in [0.2, 0.25) is 0 Å². The van der Waals surface area contributed by atoms with Gasteiger partial charge in [0.2, 0.25) is 0 Å². The third kappa shape index (κ3) is 5.55. The Kier molecular flexibility index (Phi) is 6.88. The summed E-state index contributed by atoms with van der Waals surface area (Å²) in [6.07, 6.45) is 2.25. The zero-order chi connectivity index (χ0) is 15.8. The lowest BCUT2D eigenvalue weighted by Crippen LogP contribution is -2.31. The number of benzene rings is 1. The van der Waals surface area contributed by atoms with Gasteiger partial charge in [0.15, 0.2) is 0 Å². The van der Waals surface area contributed by atoms with Crippen molar-refractivity contribution in [3.8, 4) is 0 Å². The number of nitrogens with zero attached hydrogens (tertiary/aromatic N) is 1. The molecule has 0 aliphatic rings. The van der Waals surface area contributed by atoms with Crippen molar-refractivity contribution in [1.82, 2.24) is 0 Å². The second kappa shape index (κ2) is 8.42. The summed E-state index contributed by atoms with van der Waals surface area (Å²) in [5, 5.41) is 8.74. The number of aliphatic carboxylic acids is 1. The fourth-order valence-corrected chi connectivity index (χ4v) is 2.07. The largest absolute Gasteiger partial charge is 0.478 e. The van der Waals surface area contributed by atoms with Gasteiger partial charge in [0.05, 0.1) is 6.61 Å². The smallest absolute Gasteiger partial charge is 0.328 e. The molecule has 0 aromatic heterocycles. The highest BCUT2D eigenvalue weighted by Gasteiger charge is 2.14. The molecule has 0 saturated heterocycles. The van der Waals surface area contributed by atoms with Gasteiger partial charge in [0, 0.05) is 37.5 Å². The molecule has 21 heavy (non-hydrogen) atoms. The second-order valence-corrected chi connectivity index (χ2v) is 5.18. The van der Waals surface area contributed by atoms with Crippen LogP contribution in [0.15, 0.2) is 24.3 Å². The maximum atomic E-state index is 14.0. The highest BCUT2D eigenvalue weighted by atomic mass is 19.1. The molecule has 0 radical (unpaired) electrons. The van der Waals surface area contributed by atoms with Crippen molar-refractivity contribution in [3.05, 3.63) is 35.7 Å². The molecule has 0 unspecified atom stereocenters. The Labute approximate surface area is 124 Å². The Morgan fingerprint density at radius 1 is 1.48 bits per heavy atom. The number of carboxylic acid groups (broad SMARTS) is 1. The summed E-state index contributed by atoms with van der Waals surface area (Å²) in [5.41, 5.74) is 0.968. The Balaban J connectivity index is 3.16. The predicted molar refractivity (Wildman–Crippen MR) is 82.0 cm³/mol. The molecule has 1 rings (SSSR count). The normalized spacial score (nSPS) is 11.3. The zero-order valence-electron chi connectivity index (χ0n) is 12.7. The zero-order valence-corrected chi connectivity index (χ0v) is 12.7. The lowest BCUT2D eigenvalue weighted by Gasteiger charge is -2.28. The average Bonchev–Trinajstić information content (AvgIpc) is 2.41. The van der Waals surface area contributed by atoms with Crippen LogP contribution >= 0.6 is 0 Å². The van der Waals surface area contributed by atoms with Gasteiger partial charge in [-0.1, -0.05) is 19.9 Å². The van der Waals surface area contributed by atoms with Gasteiger partial charge in [-0.2, -0.15) is 0 Å². The van der Waals surface area contributed by atoms with Crippen LogP contribution in [0.4, 0.5) is 10.1 Å². The number of carbonyl (C=O) groups is 1. The number of hydrogen-bond donors (Lipinski definition) is 1. The molecule has 0 spiro atoms. The number of methoxy groups -OCH3 is 1. The number of carboxylic acids is 1. The first kappa shape index (κ1) is 17.2. The van der Waals surface area contributed by atoms with Crippen molar-refractivity contribution >= 4 is 17.7 Å². The number of hydrogen-bond acceptors (Lipinski definition) is 3. The Hall–Kier alpha value is -1.88. The predicted octanol–water partition coefficient (Wildman–Crippen LogP) is 3.03. The van der Waals surface area contributed by atoms with E-state index >= 15 is 0 Å². The van der Waals surface area contributed by atoms with Gasteiger partial charge in [-0.25, -0.2) is 9.18 Å². The van der Waals surface area contributed by atoms with E-state index in [2.05, 4.69) is 13.8 Å². The summed E-state index contributed by atoms with van der Waals surface area (Å²) in [4.78, 5) is 12.7. The molecule has 0 fully saturated rings. The van der Waals surface area contributed by atoms with Crippen LogP contribution in [0.5, 0.6) is 0 Å². The topological polar surface area (TPSA) is 49.8 Å². The minimum Gasteiger partial charge on any atom is -0.478 e. The number of halogens is 1. The fraction of sp³-hybridized carbons (Fsp3) is 0.438. The van der Waals surface area contributed by atoms with Crippen molar-refractivity contribution in [3.63, 3.8) is 0 Å². The van der Waals surface area contributed by atoms with Gasteiger partial charge < -0.3 is 14.7 Å². The molecule has 116 valence electrons. The minimum absolute atomic E-state index is 0.289. The fourth-order valence-electron chi connectivity index (χ4n) is 2.07. The molecular weight excluding hydrogens is 273 g/mol. The van der Waals surface area contributed by atoms with Crippen LogP contribution in [0.25, 0.3) is 6.08 Å². The summed E-state index contributed by atoms with van der Waals surface area (Å²) in [7, 11) is 1.62. The van der Waals surface area contributed by atoms with Crippen LogP contribution in [0.3, 0.4) is 0 Å². The van der Waals surface area contributed by atoms with E-state index in [1.807, 2.05) is 4.90 Å². The Morgan fingerprint density at radius 3 is 2.76 bits per heavy atom. The van der Waals surface area contributed by atoms with E-state index in [0.717, 1.165) is 12.6 Å². The molecule has 0 amide bonds. The van der Waals surface area contributed by atoms with Crippen molar-refractivity contribution in [2.75, 3.05) is 31.7 Å². The van der Waals surface area contributed by atoms with Crippen LogP contribution in [0, 0.1) is 11.7 Å².